The zero-order chi connectivity index (χ0) is 15.8. The van der Waals surface area contributed by atoms with E-state index >= 15 is 0 Å². The van der Waals surface area contributed by atoms with Crippen LogP contribution < -0.4 is 10.6 Å². The minimum absolute atomic E-state index is 0.142. The van der Waals surface area contributed by atoms with Crippen LogP contribution in [0.25, 0.3) is 0 Å². The van der Waals surface area contributed by atoms with Crippen molar-refractivity contribution in [2.24, 2.45) is 0 Å². The summed E-state index contributed by atoms with van der Waals surface area (Å²) in [6.45, 7) is -0.142. The van der Waals surface area contributed by atoms with E-state index in [0.29, 0.717) is 17.8 Å². The van der Waals surface area contributed by atoms with Crippen molar-refractivity contribution in [1.29, 1.82) is 0 Å². The van der Waals surface area contributed by atoms with Crippen molar-refractivity contribution in [3.05, 3.63) is 54.2 Å². The van der Waals surface area contributed by atoms with Gasteiger partial charge in [-0.3, -0.25) is 14.6 Å². The van der Waals surface area contributed by atoms with Crippen LogP contribution in [0.2, 0.25) is 0 Å². The SMILES string of the molecule is O=C(CCc1cncc(F)c1)NCC(=O)Nc1ccccn1. The monoisotopic (exact) mass is 302 g/mol. The van der Waals surface area contributed by atoms with Gasteiger partial charge in [0.2, 0.25) is 11.8 Å². The van der Waals surface area contributed by atoms with Gasteiger partial charge in [0.15, 0.2) is 0 Å². The molecule has 0 spiro atoms. The average molecular weight is 302 g/mol. The van der Waals surface area contributed by atoms with Crippen LogP contribution in [0.4, 0.5) is 10.2 Å². The molecule has 0 aliphatic rings. The fraction of sp³-hybridized carbons (Fsp3) is 0.200. The van der Waals surface area contributed by atoms with Gasteiger partial charge in [-0.15, -0.1) is 0 Å². The highest BCUT2D eigenvalue weighted by atomic mass is 19.1. The molecule has 6 nitrogen and oxygen atoms in total. The molecule has 0 saturated heterocycles. The number of aromatic nitrogens is 2. The second-order valence-electron chi connectivity index (χ2n) is 4.55. The molecule has 2 heterocycles. The summed E-state index contributed by atoms with van der Waals surface area (Å²) in [6, 6.07) is 6.46. The van der Waals surface area contributed by atoms with Crippen LogP contribution in [-0.4, -0.2) is 28.3 Å². The smallest absolute Gasteiger partial charge is 0.244 e. The van der Waals surface area contributed by atoms with E-state index in [9.17, 15) is 14.0 Å². The summed E-state index contributed by atoms with van der Waals surface area (Å²) < 4.78 is 12.9. The molecule has 0 saturated carbocycles. The van der Waals surface area contributed by atoms with E-state index in [1.807, 2.05) is 0 Å². The molecule has 2 amide bonds. The Hall–Kier alpha value is -2.83. The Morgan fingerprint density at radius 1 is 1.18 bits per heavy atom. The Morgan fingerprint density at radius 2 is 2.05 bits per heavy atom. The second kappa shape index (κ2) is 7.82. The average Bonchev–Trinajstić information content (AvgIpc) is 2.52. The Bertz CT molecular complexity index is 649. The van der Waals surface area contributed by atoms with Gasteiger partial charge >= 0.3 is 0 Å². The third-order valence-electron chi connectivity index (χ3n) is 2.78. The van der Waals surface area contributed by atoms with Gasteiger partial charge in [-0.25, -0.2) is 9.37 Å². The van der Waals surface area contributed by atoms with Crippen LogP contribution in [0.3, 0.4) is 0 Å². The molecule has 7 heteroatoms. The molecule has 2 aromatic rings. The molecular formula is C15H15FN4O2. The van der Waals surface area contributed by atoms with Gasteiger partial charge < -0.3 is 10.6 Å². The molecule has 0 bridgehead atoms. The number of amides is 2. The second-order valence-corrected chi connectivity index (χ2v) is 4.55. The molecule has 2 aromatic heterocycles. The van der Waals surface area contributed by atoms with E-state index in [0.717, 1.165) is 6.20 Å². The number of carbonyl (C=O) groups is 2. The van der Waals surface area contributed by atoms with Crippen molar-refractivity contribution in [2.45, 2.75) is 12.8 Å². The lowest BCUT2D eigenvalue weighted by Crippen LogP contribution is -2.33. The predicted octanol–water partition coefficient (Wildman–Crippen LogP) is 1.30. The largest absolute Gasteiger partial charge is 0.347 e. The highest BCUT2D eigenvalue weighted by molar-refractivity contribution is 5.93. The number of nitrogens with zero attached hydrogens (tertiary/aromatic N) is 2. The van der Waals surface area contributed by atoms with E-state index in [4.69, 9.17) is 0 Å². The maximum Gasteiger partial charge on any atom is 0.244 e. The van der Waals surface area contributed by atoms with Gasteiger partial charge in [0.25, 0.3) is 0 Å². The number of pyridine rings is 2. The summed E-state index contributed by atoms with van der Waals surface area (Å²) >= 11 is 0. The third kappa shape index (κ3) is 5.28. The first-order valence-electron chi connectivity index (χ1n) is 6.70. The number of hydrogen-bond donors (Lipinski definition) is 2. The van der Waals surface area contributed by atoms with Crippen molar-refractivity contribution >= 4 is 17.6 Å². The topological polar surface area (TPSA) is 84.0 Å². The van der Waals surface area contributed by atoms with E-state index < -0.39 is 5.82 Å². The van der Waals surface area contributed by atoms with Gasteiger partial charge in [0.05, 0.1) is 12.7 Å². The Labute approximate surface area is 126 Å². The minimum atomic E-state index is -0.437. The van der Waals surface area contributed by atoms with Gasteiger partial charge in [-0.2, -0.15) is 0 Å². The molecule has 0 unspecified atom stereocenters. The molecule has 22 heavy (non-hydrogen) atoms. The summed E-state index contributed by atoms with van der Waals surface area (Å²) in [7, 11) is 0. The molecule has 0 atom stereocenters. The van der Waals surface area contributed by atoms with Gasteiger partial charge in [0, 0.05) is 18.8 Å². The van der Waals surface area contributed by atoms with Crippen molar-refractivity contribution in [1.82, 2.24) is 15.3 Å². The number of halogens is 1. The Morgan fingerprint density at radius 3 is 2.77 bits per heavy atom. The van der Waals surface area contributed by atoms with Crippen LogP contribution in [0, 0.1) is 5.82 Å². The lowest BCUT2D eigenvalue weighted by Gasteiger charge is -2.06. The van der Waals surface area contributed by atoms with Crippen molar-refractivity contribution in [3.63, 3.8) is 0 Å². The summed E-state index contributed by atoms with van der Waals surface area (Å²) in [5.41, 5.74) is 0.632. The first-order valence-corrected chi connectivity index (χ1v) is 6.70. The number of carbonyl (C=O) groups excluding carboxylic acids is 2. The third-order valence-corrected chi connectivity index (χ3v) is 2.78. The Balaban J connectivity index is 1.70. The Kier molecular flexibility index (Phi) is 5.53. The summed E-state index contributed by atoms with van der Waals surface area (Å²) in [5.74, 6) is -0.667. The molecule has 2 rings (SSSR count). The van der Waals surface area contributed by atoms with Gasteiger partial charge in [-0.05, 0) is 30.2 Å². The van der Waals surface area contributed by atoms with E-state index in [-0.39, 0.29) is 24.8 Å². The van der Waals surface area contributed by atoms with Crippen LogP contribution in [-0.2, 0) is 16.0 Å². The van der Waals surface area contributed by atoms with Crippen LogP contribution in [0.5, 0.6) is 0 Å². The number of nitrogens with one attached hydrogen (secondary N) is 2. The molecule has 0 radical (unpaired) electrons. The van der Waals surface area contributed by atoms with Crippen molar-refractivity contribution < 1.29 is 14.0 Å². The lowest BCUT2D eigenvalue weighted by atomic mass is 10.1. The van der Waals surface area contributed by atoms with Gasteiger partial charge in [-0.1, -0.05) is 6.07 Å². The van der Waals surface area contributed by atoms with E-state index in [2.05, 4.69) is 20.6 Å². The molecule has 0 aliphatic carbocycles. The van der Waals surface area contributed by atoms with E-state index in [1.165, 1.54) is 12.3 Å². The standard InChI is InChI=1S/C15H15FN4O2/c16-12-7-11(8-17-9-12)4-5-14(21)19-10-15(22)20-13-3-1-2-6-18-13/h1-3,6-9H,4-5,10H2,(H,19,21)(H,18,20,22). The predicted molar refractivity (Wildman–Crippen MR) is 78.4 cm³/mol. The van der Waals surface area contributed by atoms with Crippen LogP contribution in [0.1, 0.15) is 12.0 Å². The number of anilines is 1. The highest BCUT2D eigenvalue weighted by Gasteiger charge is 2.07. The maximum absolute atomic E-state index is 12.9. The number of hydrogen-bond acceptors (Lipinski definition) is 4. The zero-order valence-electron chi connectivity index (χ0n) is 11.8. The normalized spacial score (nSPS) is 10.0. The zero-order valence-corrected chi connectivity index (χ0v) is 11.8. The number of rotatable bonds is 6. The fourth-order valence-corrected chi connectivity index (χ4v) is 1.74. The summed E-state index contributed by atoms with van der Waals surface area (Å²) in [6.07, 6.45) is 4.68. The quantitative estimate of drug-likeness (QED) is 0.842. The molecule has 0 aromatic carbocycles. The van der Waals surface area contributed by atoms with E-state index in [1.54, 1.807) is 24.4 Å². The first kappa shape index (κ1) is 15.6. The highest BCUT2D eigenvalue weighted by Crippen LogP contribution is 2.04. The molecule has 114 valence electrons. The first-order chi connectivity index (χ1) is 10.6. The lowest BCUT2D eigenvalue weighted by molar-refractivity contribution is -0.124. The number of aryl methyl sites for hydroxylation is 1. The molecule has 0 aliphatic heterocycles. The van der Waals surface area contributed by atoms with Crippen molar-refractivity contribution in [2.75, 3.05) is 11.9 Å². The summed E-state index contributed by atoms with van der Waals surface area (Å²) in [5, 5.41) is 5.05. The summed E-state index contributed by atoms with van der Waals surface area (Å²) in [4.78, 5) is 30.9. The molecule has 2 N–H and O–H groups in total. The van der Waals surface area contributed by atoms with Crippen LogP contribution in [0.15, 0.2) is 42.9 Å². The molecule has 0 fully saturated rings. The van der Waals surface area contributed by atoms with Crippen LogP contribution >= 0.6 is 0 Å². The molecular weight excluding hydrogens is 287 g/mol. The minimum Gasteiger partial charge on any atom is -0.347 e. The maximum atomic E-state index is 12.9. The van der Waals surface area contributed by atoms with Crippen molar-refractivity contribution in [3.8, 4) is 0 Å². The van der Waals surface area contributed by atoms with Gasteiger partial charge in [0.1, 0.15) is 11.6 Å². The fourth-order valence-electron chi connectivity index (χ4n) is 1.74.